The van der Waals surface area contributed by atoms with Crippen LogP contribution in [-0.2, 0) is 13.5 Å². The number of rotatable bonds is 3. The van der Waals surface area contributed by atoms with E-state index in [1.807, 2.05) is 20.0 Å². The molecule has 5 nitrogen and oxygen atoms in total. The first-order chi connectivity index (χ1) is 8.61. The molecule has 2 unspecified atom stereocenters. The average molecular weight is 250 g/mol. The Balaban J connectivity index is 2.04. The molecule has 0 aliphatic carbocycles. The van der Waals surface area contributed by atoms with Gasteiger partial charge < -0.3 is 10.6 Å². The summed E-state index contributed by atoms with van der Waals surface area (Å²) < 4.78 is 1.67. The molecule has 18 heavy (non-hydrogen) atoms. The number of amides is 1. The number of nitrogens with zero attached hydrogens (tertiary/aromatic N) is 2. The maximum absolute atomic E-state index is 12.2. The first-order valence-electron chi connectivity index (χ1n) is 6.66. The van der Waals surface area contributed by atoms with Crippen molar-refractivity contribution in [3.05, 3.63) is 17.5 Å². The standard InChI is InChI=1S/C13H22N4O/c1-4-10-7-12(17(3)16-10)13(18)15-11-5-6-14-8-9(11)2/h7,9,11,14H,4-6,8H2,1-3H3,(H,15,18). The Hall–Kier alpha value is -1.36. The molecule has 5 heteroatoms. The number of hydrogen-bond acceptors (Lipinski definition) is 3. The molecular weight excluding hydrogens is 228 g/mol. The summed E-state index contributed by atoms with van der Waals surface area (Å²) in [4.78, 5) is 12.2. The normalized spacial score (nSPS) is 23.9. The predicted octanol–water partition coefficient (Wildman–Crippen LogP) is 0.710. The van der Waals surface area contributed by atoms with E-state index >= 15 is 0 Å². The molecule has 2 atom stereocenters. The number of aromatic nitrogens is 2. The molecule has 2 heterocycles. The topological polar surface area (TPSA) is 59.0 Å². The molecule has 0 spiro atoms. The Kier molecular flexibility index (Phi) is 4.01. The van der Waals surface area contributed by atoms with Crippen LogP contribution in [0.15, 0.2) is 6.07 Å². The lowest BCUT2D eigenvalue weighted by molar-refractivity contribution is 0.0904. The van der Waals surface area contributed by atoms with Crippen LogP contribution in [0.4, 0.5) is 0 Å². The summed E-state index contributed by atoms with van der Waals surface area (Å²) in [5, 5.41) is 10.8. The van der Waals surface area contributed by atoms with Gasteiger partial charge >= 0.3 is 0 Å². The van der Waals surface area contributed by atoms with Crippen LogP contribution < -0.4 is 10.6 Å². The van der Waals surface area contributed by atoms with Crippen molar-refractivity contribution in [3.8, 4) is 0 Å². The van der Waals surface area contributed by atoms with Crippen LogP contribution in [0.5, 0.6) is 0 Å². The number of piperidine rings is 1. The number of hydrogen-bond donors (Lipinski definition) is 2. The molecule has 0 bridgehead atoms. The van der Waals surface area contributed by atoms with E-state index in [0.29, 0.717) is 11.6 Å². The maximum Gasteiger partial charge on any atom is 0.269 e. The number of carbonyl (C=O) groups excluding carboxylic acids is 1. The molecule has 2 rings (SSSR count). The summed E-state index contributed by atoms with van der Waals surface area (Å²) in [6, 6.07) is 2.14. The van der Waals surface area contributed by atoms with Gasteiger partial charge in [-0.05, 0) is 37.9 Å². The van der Waals surface area contributed by atoms with Gasteiger partial charge in [0.1, 0.15) is 5.69 Å². The number of nitrogens with one attached hydrogen (secondary N) is 2. The van der Waals surface area contributed by atoms with Crippen molar-refractivity contribution >= 4 is 5.91 Å². The van der Waals surface area contributed by atoms with Crippen LogP contribution in [0, 0.1) is 5.92 Å². The van der Waals surface area contributed by atoms with Crippen LogP contribution in [-0.4, -0.2) is 34.8 Å². The van der Waals surface area contributed by atoms with Gasteiger partial charge in [0.25, 0.3) is 5.91 Å². The Labute approximate surface area is 108 Å². The van der Waals surface area contributed by atoms with E-state index in [9.17, 15) is 4.79 Å². The Morgan fingerprint density at radius 3 is 3.06 bits per heavy atom. The zero-order valence-corrected chi connectivity index (χ0v) is 11.4. The van der Waals surface area contributed by atoms with Gasteiger partial charge in [0.05, 0.1) is 5.69 Å². The minimum absolute atomic E-state index is 0.0107. The second-order valence-corrected chi connectivity index (χ2v) is 5.05. The molecule has 1 aromatic rings. The first-order valence-corrected chi connectivity index (χ1v) is 6.66. The molecule has 1 amide bonds. The van der Waals surface area contributed by atoms with Crippen molar-refractivity contribution in [2.24, 2.45) is 13.0 Å². The largest absolute Gasteiger partial charge is 0.348 e. The fraction of sp³-hybridized carbons (Fsp3) is 0.692. The molecule has 100 valence electrons. The third-order valence-electron chi connectivity index (χ3n) is 3.63. The van der Waals surface area contributed by atoms with Gasteiger partial charge in [-0.25, -0.2) is 0 Å². The fourth-order valence-corrected chi connectivity index (χ4v) is 2.38. The molecule has 0 saturated carbocycles. The van der Waals surface area contributed by atoms with Crippen LogP contribution in [0.25, 0.3) is 0 Å². The highest BCUT2D eigenvalue weighted by Crippen LogP contribution is 2.12. The Morgan fingerprint density at radius 1 is 1.67 bits per heavy atom. The lowest BCUT2D eigenvalue weighted by Gasteiger charge is -2.30. The molecule has 1 aromatic heterocycles. The van der Waals surface area contributed by atoms with Crippen molar-refractivity contribution in [1.82, 2.24) is 20.4 Å². The Bertz CT molecular complexity index is 427. The van der Waals surface area contributed by atoms with Crippen molar-refractivity contribution in [3.63, 3.8) is 0 Å². The molecule has 1 saturated heterocycles. The molecular formula is C13H22N4O. The van der Waals surface area contributed by atoms with E-state index < -0.39 is 0 Å². The van der Waals surface area contributed by atoms with Gasteiger partial charge in [-0.15, -0.1) is 0 Å². The van der Waals surface area contributed by atoms with E-state index in [4.69, 9.17) is 0 Å². The Morgan fingerprint density at radius 2 is 2.44 bits per heavy atom. The van der Waals surface area contributed by atoms with Crippen molar-refractivity contribution in [2.45, 2.75) is 32.7 Å². The van der Waals surface area contributed by atoms with Gasteiger partial charge in [-0.2, -0.15) is 5.10 Å². The quantitative estimate of drug-likeness (QED) is 0.830. The third-order valence-corrected chi connectivity index (χ3v) is 3.63. The molecule has 0 radical (unpaired) electrons. The summed E-state index contributed by atoms with van der Waals surface area (Å²) in [5.41, 5.74) is 1.61. The summed E-state index contributed by atoms with van der Waals surface area (Å²) in [6.45, 7) is 6.15. The van der Waals surface area contributed by atoms with Crippen LogP contribution in [0.1, 0.15) is 36.5 Å². The molecule has 1 fully saturated rings. The molecule has 1 aliphatic heterocycles. The fourth-order valence-electron chi connectivity index (χ4n) is 2.38. The van der Waals surface area contributed by atoms with Crippen LogP contribution in [0.2, 0.25) is 0 Å². The van der Waals surface area contributed by atoms with Crippen LogP contribution >= 0.6 is 0 Å². The van der Waals surface area contributed by atoms with Gasteiger partial charge in [-0.3, -0.25) is 9.48 Å². The highest BCUT2D eigenvalue weighted by Gasteiger charge is 2.24. The van der Waals surface area contributed by atoms with Crippen LogP contribution in [0.3, 0.4) is 0 Å². The molecule has 2 N–H and O–H groups in total. The average Bonchev–Trinajstić information content (AvgIpc) is 2.73. The van der Waals surface area contributed by atoms with Gasteiger partial charge in [-0.1, -0.05) is 13.8 Å². The third kappa shape index (κ3) is 2.72. The second kappa shape index (κ2) is 5.52. The summed E-state index contributed by atoms with van der Waals surface area (Å²) >= 11 is 0. The highest BCUT2D eigenvalue weighted by molar-refractivity contribution is 5.92. The number of aryl methyl sites for hydroxylation is 2. The lowest BCUT2D eigenvalue weighted by atomic mass is 9.95. The van der Waals surface area contributed by atoms with Gasteiger partial charge in [0.15, 0.2) is 0 Å². The van der Waals surface area contributed by atoms with Crippen molar-refractivity contribution < 1.29 is 4.79 Å². The summed E-state index contributed by atoms with van der Waals surface area (Å²) in [6.07, 6.45) is 1.84. The van der Waals surface area contributed by atoms with E-state index in [-0.39, 0.29) is 11.9 Å². The monoisotopic (exact) mass is 250 g/mol. The maximum atomic E-state index is 12.2. The van der Waals surface area contributed by atoms with E-state index in [2.05, 4.69) is 22.7 Å². The van der Waals surface area contributed by atoms with Gasteiger partial charge in [0, 0.05) is 13.1 Å². The lowest BCUT2D eigenvalue weighted by Crippen LogP contribution is -2.48. The zero-order valence-electron chi connectivity index (χ0n) is 11.4. The SMILES string of the molecule is CCc1cc(C(=O)NC2CCNCC2C)n(C)n1. The van der Waals surface area contributed by atoms with E-state index in [1.54, 1.807) is 4.68 Å². The molecule has 1 aliphatic rings. The number of carbonyl (C=O) groups is 1. The predicted molar refractivity (Wildman–Crippen MR) is 70.5 cm³/mol. The highest BCUT2D eigenvalue weighted by atomic mass is 16.2. The van der Waals surface area contributed by atoms with E-state index in [0.717, 1.165) is 31.6 Å². The second-order valence-electron chi connectivity index (χ2n) is 5.05. The minimum atomic E-state index is -0.0107. The summed E-state index contributed by atoms with van der Waals surface area (Å²) in [5.74, 6) is 0.463. The molecule has 0 aromatic carbocycles. The first kappa shape index (κ1) is 13.1. The van der Waals surface area contributed by atoms with Crippen molar-refractivity contribution in [1.29, 1.82) is 0 Å². The van der Waals surface area contributed by atoms with Crippen molar-refractivity contribution in [2.75, 3.05) is 13.1 Å². The van der Waals surface area contributed by atoms with Gasteiger partial charge in [0.2, 0.25) is 0 Å². The summed E-state index contributed by atoms with van der Waals surface area (Å²) in [7, 11) is 1.82. The van der Waals surface area contributed by atoms with E-state index in [1.165, 1.54) is 0 Å². The minimum Gasteiger partial charge on any atom is -0.348 e. The smallest absolute Gasteiger partial charge is 0.269 e. The zero-order chi connectivity index (χ0) is 13.1.